The second kappa shape index (κ2) is 8.13. The number of hydrogen-bond acceptors (Lipinski definition) is 3. The Hall–Kier alpha value is -0.120. The zero-order valence-corrected chi connectivity index (χ0v) is 11.8. The Kier molecular flexibility index (Phi) is 6.46. The fraction of sp³-hybridized carbons (Fsp3) is 1.00. The molecular formula is C15H29NO2. The van der Waals surface area contributed by atoms with E-state index in [1.54, 1.807) is 0 Å². The molecule has 3 nitrogen and oxygen atoms in total. The number of ether oxygens (including phenoxy) is 2. The standard InChI is InChI=1S/C15H29NO2/c1-2-7-16-15(14-4-3-8-18-12-14)11-13-5-9-17-10-6-13/h13-16H,2-12H2,1H3. The lowest BCUT2D eigenvalue weighted by molar-refractivity contribution is 0.0240. The van der Waals surface area contributed by atoms with Gasteiger partial charge in [0.25, 0.3) is 0 Å². The highest BCUT2D eigenvalue weighted by Gasteiger charge is 2.27. The van der Waals surface area contributed by atoms with Crippen LogP contribution in [0.15, 0.2) is 0 Å². The molecular weight excluding hydrogens is 226 g/mol. The smallest absolute Gasteiger partial charge is 0.0509 e. The zero-order chi connectivity index (χ0) is 12.6. The summed E-state index contributed by atoms with van der Waals surface area (Å²) >= 11 is 0. The largest absolute Gasteiger partial charge is 0.381 e. The van der Waals surface area contributed by atoms with Crippen LogP contribution in [-0.4, -0.2) is 39.0 Å². The normalized spacial score (nSPS) is 28.2. The second-order valence-electron chi connectivity index (χ2n) is 5.83. The monoisotopic (exact) mass is 255 g/mol. The molecule has 106 valence electrons. The molecule has 2 atom stereocenters. The predicted octanol–water partition coefficient (Wildman–Crippen LogP) is 2.60. The Morgan fingerprint density at radius 1 is 1.11 bits per heavy atom. The van der Waals surface area contributed by atoms with E-state index >= 15 is 0 Å². The van der Waals surface area contributed by atoms with Gasteiger partial charge < -0.3 is 14.8 Å². The molecule has 0 aromatic heterocycles. The predicted molar refractivity (Wildman–Crippen MR) is 73.8 cm³/mol. The molecule has 3 heteroatoms. The van der Waals surface area contributed by atoms with Crippen LogP contribution in [0.2, 0.25) is 0 Å². The quantitative estimate of drug-likeness (QED) is 0.791. The number of hydrogen-bond donors (Lipinski definition) is 1. The van der Waals surface area contributed by atoms with Crippen LogP contribution in [0.3, 0.4) is 0 Å². The molecule has 0 amide bonds. The molecule has 0 radical (unpaired) electrons. The summed E-state index contributed by atoms with van der Waals surface area (Å²) in [6.07, 6.45) is 7.61. The fourth-order valence-corrected chi connectivity index (χ4v) is 3.20. The van der Waals surface area contributed by atoms with Gasteiger partial charge in [-0.1, -0.05) is 6.92 Å². The highest BCUT2D eigenvalue weighted by Crippen LogP contribution is 2.26. The van der Waals surface area contributed by atoms with Gasteiger partial charge in [-0.15, -0.1) is 0 Å². The Labute approximate surface area is 112 Å². The maximum absolute atomic E-state index is 5.67. The van der Waals surface area contributed by atoms with Crippen molar-refractivity contribution in [3.05, 3.63) is 0 Å². The van der Waals surface area contributed by atoms with E-state index < -0.39 is 0 Å². The Morgan fingerprint density at radius 3 is 2.61 bits per heavy atom. The van der Waals surface area contributed by atoms with Crippen molar-refractivity contribution >= 4 is 0 Å². The van der Waals surface area contributed by atoms with Gasteiger partial charge >= 0.3 is 0 Å². The van der Waals surface area contributed by atoms with E-state index in [-0.39, 0.29) is 0 Å². The zero-order valence-electron chi connectivity index (χ0n) is 11.8. The highest BCUT2D eigenvalue weighted by atomic mass is 16.5. The van der Waals surface area contributed by atoms with Gasteiger partial charge in [-0.2, -0.15) is 0 Å². The maximum atomic E-state index is 5.67. The second-order valence-corrected chi connectivity index (χ2v) is 5.83. The average Bonchev–Trinajstić information content (AvgIpc) is 2.45. The molecule has 2 aliphatic heterocycles. The van der Waals surface area contributed by atoms with Gasteiger partial charge in [0.05, 0.1) is 6.61 Å². The van der Waals surface area contributed by atoms with Crippen molar-refractivity contribution in [2.75, 3.05) is 33.0 Å². The van der Waals surface area contributed by atoms with Crippen LogP contribution < -0.4 is 5.32 Å². The fourth-order valence-electron chi connectivity index (χ4n) is 3.20. The minimum absolute atomic E-state index is 0.661. The van der Waals surface area contributed by atoms with Gasteiger partial charge in [-0.25, -0.2) is 0 Å². The van der Waals surface area contributed by atoms with E-state index in [2.05, 4.69) is 12.2 Å². The topological polar surface area (TPSA) is 30.5 Å². The summed E-state index contributed by atoms with van der Waals surface area (Å²) in [4.78, 5) is 0. The summed E-state index contributed by atoms with van der Waals surface area (Å²) in [5, 5.41) is 3.77. The molecule has 1 N–H and O–H groups in total. The van der Waals surface area contributed by atoms with Crippen molar-refractivity contribution in [1.29, 1.82) is 0 Å². The van der Waals surface area contributed by atoms with Crippen LogP contribution in [0.4, 0.5) is 0 Å². The molecule has 2 unspecified atom stereocenters. The Bertz CT molecular complexity index is 211. The van der Waals surface area contributed by atoms with Crippen molar-refractivity contribution in [2.45, 2.75) is 51.5 Å². The molecule has 0 aromatic rings. The first-order valence-corrected chi connectivity index (χ1v) is 7.79. The van der Waals surface area contributed by atoms with Crippen LogP contribution in [0.1, 0.15) is 45.4 Å². The minimum Gasteiger partial charge on any atom is -0.381 e. The highest BCUT2D eigenvalue weighted by molar-refractivity contribution is 4.81. The molecule has 0 bridgehead atoms. The first kappa shape index (κ1) is 14.3. The van der Waals surface area contributed by atoms with Gasteiger partial charge in [0.1, 0.15) is 0 Å². The summed E-state index contributed by atoms with van der Waals surface area (Å²) in [6, 6.07) is 0.661. The Balaban J connectivity index is 1.82. The number of nitrogens with one attached hydrogen (secondary N) is 1. The van der Waals surface area contributed by atoms with Crippen molar-refractivity contribution in [3.8, 4) is 0 Å². The first-order chi connectivity index (χ1) is 8.90. The molecule has 0 aromatic carbocycles. The molecule has 2 saturated heterocycles. The lowest BCUT2D eigenvalue weighted by atomic mass is 9.84. The molecule has 2 heterocycles. The van der Waals surface area contributed by atoms with Gasteiger partial charge in [0.15, 0.2) is 0 Å². The maximum Gasteiger partial charge on any atom is 0.0509 e. The van der Waals surface area contributed by atoms with E-state index in [4.69, 9.17) is 9.47 Å². The molecule has 2 aliphatic rings. The molecule has 0 saturated carbocycles. The van der Waals surface area contributed by atoms with Crippen LogP contribution in [-0.2, 0) is 9.47 Å². The lowest BCUT2D eigenvalue weighted by Gasteiger charge is -2.34. The van der Waals surface area contributed by atoms with Crippen LogP contribution in [0.5, 0.6) is 0 Å². The summed E-state index contributed by atoms with van der Waals surface area (Å²) in [6.45, 7) is 7.25. The molecule has 0 aliphatic carbocycles. The van der Waals surface area contributed by atoms with Crippen molar-refractivity contribution in [2.24, 2.45) is 11.8 Å². The summed E-state index contributed by atoms with van der Waals surface area (Å²) in [5.41, 5.74) is 0. The number of rotatable bonds is 6. The van der Waals surface area contributed by atoms with E-state index in [0.29, 0.717) is 6.04 Å². The van der Waals surface area contributed by atoms with Crippen molar-refractivity contribution in [3.63, 3.8) is 0 Å². The van der Waals surface area contributed by atoms with E-state index in [0.717, 1.165) is 44.8 Å². The first-order valence-electron chi connectivity index (χ1n) is 7.79. The van der Waals surface area contributed by atoms with Crippen LogP contribution in [0, 0.1) is 11.8 Å². The summed E-state index contributed by atoms with van der Waals surface area (Å²) < 4.78 is 11.1. The van der Waals surface area contributed by atoms with E-state index in [1.165, 1.54) is 38.5 Å². The SMILES string of the molecule is CCCNC(CC1CCOCC1)C1CCCOC1. The van der Waals surface area contributed by atoms with Gasteiger partial charge in [0.2, 0.25) is 0 Å². The van der Waals surface area contributed by atoms with Gasteiger partial charge in [-0.3, -0.25) is 0 Å². The molecule has 2 rings (SSSR count). The molecule has 0 spiro atoms. The summed E-state index contributed by atoms with van der Waals surface area (Å²) in [5.74, 6) is 1.59. The van der Waals surface area contributed by atoms with Crippen molar-refractivity contribution < 1.29 is 9.47 Å². The third-order valence-corrected chi connectivity index (χ3v) is 4.35. The average molecular weight is 255 g/mol. The Morgan fingerprint density at radius 2 is 1.94 bits per heavy atom. The van der Waals surface area contributed by atoms with Crippen LogP contribution in [0.25, 0.3) is 0 Å². The third kappa shape index (κ3) is 4.52. The summed E-state index contributed by atoms with van der Waals surface area (Å²) in [7, 11) is 0. The van der Waals surface area contributed by atoms with Gasteiger partial charge in [-0.05, 0) is 56.9 Å². The van der Waals surface area contributed by atoms with Gasteiger partial charge in [0, 0.05) is 25.9 Å². The van der Waals surface area contributed by atoms with Crippen molar-refractivity contribution in [1.82, 2.24) is 5.32 Å². The molecule has 2 fully saturated rings. The van der Waals surface area contributed by atoms with E-state index in [1.807, 2.05) is 0 Å². The van der Waals surface area contributed by atoms with Crippen LogP contribution >= 0.6 is 0 Å². The minimum atomic E-state index is 0.661. The third-order valence-electron chi connectivity index (χ3n) is 4.35. The van der Waals surface area contributed by atoms with E-state index in [9.17, 15) is 0 Å². The molecule has 18 heavy (non-hydrogen) atoms. The lowest BCUT2D eigenvalue weighted by Crippen LogP contribution is -2.42.